The van der Waals surface area contributed by atoms with Crippen molar-refractivity contribution >= 4 is 33.6 Å². The number of anilines is 1. The molecule has 0 bridgehead atoms. The van der Waals surface area contributed by atoms with Crippen LogP contribution in [0.4, 0.5) is 10.5 Å². The summed E-state index contributed by atoms with van der Waals surface area (Å²) in [4.78, 5) is 22.9. The molecule has 0 atom stereocenters. The van der Waals surface area contributed by atoms with Gasteiger partial charge in [0.2, 0.25) is 0 Å². The molecule has 0 unspecified atom stereocenters. The van der Waals surface area contributed by atoms with Gasteiger partial charge in [0.1, 0.15) is 11.5 Å². The summed E-state index contributed by atoms with van der Waals surface area (Å²) in [6, 6.07) is 7.65. The first-order valence-electron chi connectivity index (χ1n) is 6.08. The van der Waals surface area contributed by atoms with Crippen LogP contribution in [0.2, 0.25) is 0 Å². The molecule has 0 aliphatic carbocycles. The first-order valence-corrected chi connectivity index (χ1v) is 6.88. The predicted octanol–water partition coefficient (Wildman–Crippen LogP) is 3.37. The van der Waals surface area contributed by atoms with E-state index in [4.69, 9.17) is 9.52 Å². The Hall–Kier alpha value is -2.28. The molecule has 0 spiro atoms. The van der Waals surface area contributed by atoms with E-state index >= 15 is 0 Å². The van der Waals surface area contributed by atoms with Crippen molar-refractivity contribution in [2.24, 2.45) is 0 Å². The van der Waals surface area contributed by atoms with Gasteiger partial charge >= 0.3 is 12.0 Å². The van der Waals surface area contributed by atoms with Gasteiger partial charge in [-0.1, -0.05) is 15.9 Å². The molecule has 0 saturated heterocycles. The highest BCUT2D eigenvalue weighted by Gasteiger charge is 2.13. The van der Waals surface area contributed by atoms with Crippen molar-refractivity contribution in [2.75, 3.05) is 5.32 Å². The van der Waals surface area contributed by atoms with E-state index in [-0.39, 0.29) is 17.8 Å². The quantitative estimate of drug-likeness (QED) is 0.786. The van der Waals surface area contributed by atoms with Crippen LogP contribution < -0.4 is 10.6 Å². The van der Waals surface area contributed by atoms with Crippen molar-refractivity contribution in [1.82, 2.24) is 5.32 Å². The lowest BCUT2D eigenvalue weighted by Gasteiger charge is -2.09. The van der Waals surface area contributed by atoms with Gasteiger partial charge in [-0.3, -0.25) is 0 Å². The summed E-state index contributed by atoms with van der Waals surface area (Å²) in [6.45, 7) is 2.03. The molecule has 0 saturated carbocycles. The highest BCUT2D eigenvalue weighted by molar-refractivity contribution is 9.10. The molecule has 110 valence electrons. The Morgan fingerprint density at radius 1 is 1.29 bits per heavy atom. The molecule has 0 radical (unpaired) electrons. The molecule has 2 rings (SSSR count). The number of amides is 2. The maximum Gasteiger partial charge on any atom is 0.337 e. The fraction of sp³-hybridized carbons (Fsp3) is 0.143. The maximum atomic E-state index is 11.8. The Balaban J connectivity index is 2.01. The van der Waals surface area contributed by atoms with E-state index in [1.54, 1.807) is 18.2 Å². The van der Waals surface area contributed by atoms with Gasteiger partial charge in [-0.05, 0) is 37.3 Å². The van der Waals surface area contributed by atoms with E-state index in [1.807, 2.05) is 6.92 Å². The van der Waals surface area contributed by atoms with Gasteiger partial charge < -0.3 is 20.2 Å². The standard InChI is InChI=1S/C14H13BrN2O4/c1-8-2-4-10(21-8)7-16-14(20)17-12-5-3-9(15)6-11(12)13(18)19/h2-6H,7H2,1H3,(H,18,19)(H2,16,17,20). The van der Waals surface area contributed by atoms with Crippen molar-refractivity contribution < 1.29 is 19.1 Å². The minimum Gasteiger partial charge on any atom is -0.478 e. The molecule has 1 aromatic heterocycles. The SMILES string of the molecule is Cc1ccc(CNC(=O)Nc2ccc(Br)cc2C(=O)O)o1. The van der Waals surface area contributed by atoms with Crippen LogP contribution in [0.5, 0.6) is 0 Å². The third-order valence-corrected chi connectivity index (χ3v) is 3.17. The number of halogens is 1. The summed E-state index contributed by atoms with van der Waals surface area (Å²) in [6.07, 6.45) is 0. The summed E-state index contributed by atoms with van der Waals surface area (Å²) in [7, 11) is 0. The van der Waals surface area contributed by atoms with E-state index < -0.39 is 12.0 Å². The highest BCUT2D eigenvalue weighted by Crippen LogP contribution is 2.21. The van der Waals surface area contributed by atoms with Crippen molar-refractivity contribution in [3.63, 3.8) is 0 Å². The number of benzene rings is 1. The molecule has 1 aromatic carbocycles. The molecule has 1 heterocycles. The summed E-state index contributed by atoms with van der Waals surface area (Å²) >= 11 is 3.19. The summed E-state index contributed by atoms with van der Waals surface area (Å²) in [5.74, 6) is 0.262. The highest BCUT2D eigenvalue weighted by atomic mass is 79.9. The van der Waals surface area contributed by atoms with Crippen LogP contribution in [0, 0.1) is 6.92 Å². The number of carbonyl (C=O) groups excluding carboxylic acids is 1. The van der Waals surface area contributed by atoms with Crippen LogP contribution in [0.25, 0.3) is 0 Å². The van der Waals surface area contributed by atoms with Crippen molar-refractivity contribution in [3.8, 4) is 0 Å². The number of carbonyl (C=O) groups is 2. The second-order valence-corrected chi connectivity index (χ2v) is 5.23. The van der Waals surface area contributed by atoms with Gasteiger partial charge in [-0.25, -0.2) is 9.59 Å². The summed E-state index contributed by atoms with van der Waals surface area (Å²) in [5.41, 5.74) is 0.229. The molecular weight excluding hydrogens is 340 g/mol. The summed E-state index contributed by atoms with van der Waals surface area (Å²) in [5, 5.41) is 14.2. The molecule has 0 aliphatic heterocycles. The second kappa shape index (κ2) is 6.45. The molecule has 3 N–H and O–H groups in total. The Morgan fingerprint density at radius 2 is 2.05 bits per heavy atom. The van der Waals surface area contributed by atoms with Crippen LogP contribution in [0.1, 0.15) is 21.9 Å². The zero-order valence-electron chi connectivity index (χ0n) is 11.1. The van der Waals surface area contributed by atoms with Crippen molar-refractivity contribution in [3.05, 3.63) is 51.9 Å². The molecule has 0 aliphatic rings. The van der Waals surface area contributed by atoms with Gasteiger partial charge in [0.05, 0.1) is 17.8 Å². The number of rotatable bonds is 4. The third kappa shape index (κ3) is 4.09. The van der Waals surface area contributed by atoms with E-state index in [0.29, 0.717) is 10.2 Å². The minimum atomic E-state index is -1.12. The molecule has 2 aromatic rings. The van der Waals surface area contributed by atoms with Gasteiger partial charge in [0, 0.05) is 4.47 Å². The maximum absolute atomic E-state index is 11.8. The van der Waals surface area contributed by atoms with Gasteiger partial charge in [0.15, 0.2) is 0 Å². The topological polar surface area (TPSA) is 91.6 Å². The number of carboxylic acids is 1. The number of carboxylic acid groups (broad SMARTS) is 1. The zero-order chi connectivity index (χ0) is 15.4. The number of aryl methyl sites for hydroxylation is 1. The normalized spacial score (nSPS) is 10.2. The smallest absolute Gasteiger partial charge is 0.337 e. The molecule has 0 fully saturated rings. The van der Waals surface area contributed by atoms with Gasteiger partial charge in [-0.15, -0.1) is 0 Å². The average molecular weight is 353 g/mol. The number of urea groups is 1. The Labute approximate surface area is 129 Å². The fourth-order valence-electron chi connectivity index (χ4n) is 1.72. The first kappa shape index (κ1) is 15.1. The Morgan fingerprint density at radius 3 is 2.67 bits per heavy atom. The van der Waals surface area contributed by atoms with Gasteiger partial charge in [-0.2, -0.15) is 0 Å². The minimum absolute atomic E-state index is 0.00775. The lowest BCUT2D eigenvalue weighted by molar-refractivity contribution is 0.0698. The largest absolute Gasteiger partial charge is 0.478 e. The number of hydrogen-bond acceptors (Lipinski definition) is 3. The molecule has 21 heavy (non-hydrogen) atoms. The van der Waals surface area contributed by atoms with Crippen LogP contribution in [-0.2, 0) is 6.54 Å². The molecular formula is C14H13BrN2O4. The van der Waals surface area contributed by atoms with Gasteiger partial charge in [0.25, 0.3) is 0 Å². The van der Waals surface area contributed by atoms with Crippen LogP contribution in [0.15, 0.2) is 39.2 Å². The van der Waals surface area contributed by atoms with E-state index in [2.05, 4.69) is 26.6 Å². The number of furan rings is 1. The first-order chi connectivity index (χ1) is 9.95. The second-order valence-electron chi connectivity index (χ2n) is 4.32. The van der Waals surface area contributed by atoms with E-state index in [0.717, 1.165) is 5.76 Å². The predicted molar refractivity (Wildman–Crippen MR) is 80.4 cm³/mol. The molecule has 2 amide bonds. The van der Waals surface area contributed by atoms with Crippen molar-refractivity contribution in [2.45, 2.75) is 13.5 Å². The van der Waals surface area contributed by atoms with E-state index in [9.17, 15) is 9.59 Å². The van der Waals surface area contributed by atoms with Crippen LogP contribution in [0.3, 0.4) is 0 Å². The third-order valence-electron chi connectivity index (χ3n) is 2.68. The number of hydrogen-bond donors (Lipinski definition) is 3. The summed E-state index contributed by atoms with van der Waals surface area (Å²) < 4.78 is 5.94. The Kier molecular flexibility index (Phi) is 4.64. The lowest BCUT2D eigenvalue weighted by atomic mass is 10.2. The zero-order valence-corrected chi connectivity index (χ0v) is 12.7. The average Bonchev–Trinajstić information content (AvgIpc) is 2.84. The Bertz CT molecular complexity index is 681. The fourth-order valence-corrected chi connectivity index (χ4v) is 2.08. The number of nitrogens with one attached hydrogen (secondary N) is 2. The van der Waals surface area contributed by atoms with E-state index in [1.165, 1.54) is 12.1 Å². The van der Waals surface area contributed by atoms with Crippen LogP contribution in [-0.4, -0.2) is 17.1 Å². The molecule has 7 heteroatoms. The van der Waals surface area contributed by atoms with Crippen molar-refractivity contribution in [1.29, 1.82) is 0 Å². The molecule has 6 nitrogen and oxygen atoms in total. The number of aromatic carboxylic acids is 1. The lowest BCUT2D eigenvalue weighted by Crippen LogP contribution is -2.28. The monoisotopic (exact) mass is 352 g/mol. The van der Waals surface area contributed by atoms with Crippen LogP contribution >= 0.6 is 15.9 Å².